The predicted molar refractivity (Wildman–Crippen MR) is 108 cm³/mol. The summed E-state index contributed by atoms with van der Waals surface area (Å²) in [7, 11) is 1.64. The fourth-order valence-electron chi connectivity index (χ4n) is 3.27. The zero-order chi connectivity index (χ0) is 19.3. The van der Waals surface area contributed by atoms with Crippen LogP contribution in [0.5, 0.6) is 5.75 Å². The van der Waals surface area contributed by atoms with Gasteiger partial charge in [0.15, 0.2) is 11.0 Å². The molecule has 1 saturated heterocycles. The standard InChI is InChI=1S/C20H21N5O2S/c1-27-17-7-3-2-6-16(17)25-19(15-8-10-21-11-9-15)22-23-20(25)28-14-18(26)24-12-4-5-13-24/h2-3,6-11H,4-5,12-14H2,1H3. The van der Waals surface area contributed by atoms with E-state index < -0.39 is 0 Å². The van der Waals surface area contributed by atoms with Gasteiger partial charge in [0, 0.05) is 31.0 Å². The highest BCUT2D eigenvalue weighted by Crippen LogP contribution is 2.32. The molecule has 0 unspecified atom stereocenters. The molecule has 3 heterocycles. The van der Waals surface area contributed by atoms with E-state index >= 15 is 0 Å². The third kappa shape index (κ3) is 3.73. The van der Waals surface area contributed by atoms with Gasteiger partial charge >= 0.3 is 0 Å². The maximum Gasteiger partial charge on any atom is 0.233 e. The van der Waals surface area contributed by atoms with Crippen molar-refractivity contribution in [2.45, 2.75) is 18.0 Å². The molecule has 0 saturated carbocycles. The van der Waals surface area contributed by atoms with Crippen LogP contribution in [0.1, 0.15) is 12.8 Å². The monoisotopic (exact) mass is 395 g/mol. The Morgan fingerprint density at radius 3 is 2.61 bits per heavy atom. The Kier molecular flexibility index (Phi) is 5.57. The zero-order valence-electron chi connectivity index (χ0n) is 15.6. The number of hydrogen-bond donors (Lipinski definition) is 0. The molecule has 0 aliphatic carbocycles. The van der Waals surface area contributed by atoms with Crippen LogP contribution >= 0.6 is 11.8 Å². The molecule has 0 spiro atoms. The minimum atomic E-state index is 0.141. The number of hydrogen-bond acceptors (Lipinski definition) is 6. The van der Waals surface area contributed by atoms with Crippen LogP contribution in [-0.4, -0.2) is 56.5 Å². The highest BCUT2D eigenvalue weighted by atomic mass is 32.2. The van der Waals surface area contributed by atoms with Crippen LogP contribution in [0.15, 0.2) is 53.9 Å². The van der Waals surface area contributed by atoms with Gasteiger partial charge in [-0.25, -0.2) is 0 Å². The molecular formula is C20H21N5O2S. The van der Waals surface area contributed by atoms with E-state index in [2.05, 4.69) is 15.2 Å². The fraction of sp³-hybridized carbons (Fsp3) is 0.300. The fourth-order valence-corrected chi connectivity index (χ4v) is 4.11. The quantitative estimate of drug-likeness (QED) is 0.598. The van der Waals surface area contributed by atoms with Crippen LogP contribution in [0.4, 0.5) is 0 Å². The number of carbonyl (C=O) groups is 1. The van der Waals surface area contributed by atoms with Crippen molar-refractivity contribution in [2.24, 2.45) is 0 Å². The minimum absolute atomic E-state index is 0.141. The number of benzene rings is 1. The minimum Gasteiger partial charge on any atom is -0.495 e. The summed E-state index contributed by atoms with van der Waals surface area (Å²) in [5, 5.41) is 9.43. The molecule has 2 aromatic heterocycles. The average molecular weight is 395 g/mol. The summed E-state index contributed by atoms with van der Waals surface area (Å²) in [6.07, 6.45) is 5.61. The topological polar surface area (TPSA) is 73.1 Å². The van der Waals surface area contributed by atoms with E-state index in [9.17, 15) is 4.79 Å². The van der Waals surface area contributed by atoms with Crippen LogP contribution in [0.3, 0.4) is 0 Å². The highest BCUT2D eigenvalue weighted by molar-refractivity contribution is 7.99. The van der Waals surface area contributed by atoms with Gasteiger partial charge in [-0.3, -0.25) is 14.3 Å². The first kappa shape index (κ1) is 18.5. The first-order valence-corrected chi connectivity index (χ1v) is 10.2. The molecule has 3 aromatic rings. The van der Waals surface area contributed by atoms with Crippen molar-refractivity contribution in [3.63, 3.8) is 0 Å². The maximum atomic E-state index is 12.5. The Balaban J connectivity index is 1.70. The van der Waals surface area contributed by atoms with Gasteiger partial charge in [-0.15, -0.1) is 10.2 Å². The Bertz CT molecular complexity index is 954. The zero-order valence-corrected chi connectivity index (χ0v) is 16.4. The molecule has 0 atom stereocenters. The van der Waals surface area contributed by atoms with Crippen LogP contribution in [-0.2, 0) is 4.79 Å². The van der Waals surface area contributed by atoms with Gasteiger partial charge in [0.25, 0.3) is 0 Å². The van der Waals surface area contributed by atoms with Crippen LogP contribution in [0.25, 0.3) is 17.1 Å². The summed E-state index contributed by atoms with van der Waals surface area (Å²) < 4.78 is 7.49. The average Bonchev–Trinajstić information content (AvgIpc) is 3.43. The smallest absolute Gasteiger partial charge is 0.233 e. The maximum absolute atomic E-state index is 12.5. The van der Waals surface area contributed by atoms with E-state index in [1.165, 1.54) is 11.8 Å². The Morgan fingerprint density at radius 2 is 1.86 bits per heavy atom. The third-order valence-corrected chi connectivity index (χ3v) is 5.60. The lowest BCUT2D eigenvalue weighted by atomic mass is 10.2. The molecule has 1 aliphatic rings. The van der Waals surface area contributed by atoms with Gasteiger partial charge in [-0.1, -0.05) is 23.9 Å². The number of likely N-dealkylation sites (tertiary alicyclic amines) is 1. The SMILES string of the molecule is COc1ccccc1-n1c(SCC(=O)N2CCCC2)nnc1-c1ccncc1. The van der Waals surface area contributed by atoms with Gasteiger partial charge < -0.3 is 9.64 Å². The number of nitrogens with zero attached hydrogens (tertiary/aromatic N) is 5. The Labute approximate surface area is 167 Å². The first-order valence-electron chi connectivity index (χ1n) is 9.17. The molecule has 28 heavy (non-hydrogen) atoms. The second kappa shape index (κ2) is 8.43. The molecule has 1 aliphatic heterocycles. The van der Waals surface area contributed by atoms with Crippen LogP contribution < -0.4 is 4.74 Å². The molecular weight excluding hydrogens is 374 g/mol. The van der Waals surface area contributed by atoms with E-state index in [4.69, 9.17) is 4.74 Å². The molecule has 7 nitrogen and oxygen atoms in total. The summed E-state index contributed by atoms with van der Waals surface area (Å²) in [6, 6.07) is 11.5. The van der Waals surface area contributed by atoms with E-state index in [0.717, 1.165) is 37.2 Å². The molecule has 0 N–H and O–H groups in total. The number of amides is 1. The third-order valence-electron chi connectivity index (χ3n) is 4.68. The van der Waals surface area contributed by atoms with E-state index in [1.807, 2.05) is 45.9 Å². The molecule has 1 fully saturated rings. The van der Waals surface area contributed by atoms with Crippen molar-refractivity contribution in [2.75, 3.05) is 26.0 Å². The van der Waals surface area contributed by atoms with Crippen LogP contribution in [0.2, 0.25) is 0 Å². The van der Waals surface area contributed by atoms with Gasteiger partial charge in [0.2, 0.25) is 5.91 Å². The number of thioether (sulfide) groups is 1. The predicted octanol–water partition coefficient (Wildman–Crippen LogP) is 3.05. The molecule has 0 bridgehead atoms. The van der Waals surface area contributed by atoms with Gasteiger partial charge in [-0.2, -0.15) is 0 Å². The van der Waals surface area contributed by atoms with Crippen molar-refractivity contribution >= 4 is 17.7 Å². The lowest BCUT2D eigenvalue weighted by Crippen LogP contribution is -2.29. The molecule has 4 rings (SSSR count). The van der Waals surface area contributed by atoms with Gasteiger partial charge in [0.1, 0.15) is 5.75 Å². The van der Waals surface area contributed by atoms with E-state index in [-0.39, 0.29) is 5.91 Å². The summed E-state index contributed by atoms with van der Waals surface area (Å²) >= 11 is 1.40. The van der Waals surface area contributed by atoms with Crippen molar-refractivity contribution in [1.82, 2.24) is 24.6 Å². The number of aromatic nitrogens is 4. The Hall–Kier alpha value is -2.87. The summed E-state index contributed by atoms with van der Waals surface area (Å²) in [5.74, 6) is 1.87. The number of carbonyl (C=O) groups excluding carboxylic acids is 1. The highest BCUT2D eigenvalue weighted by Gasteiger charge is 2.22. The van der Waals surface area contributed by atoms with Gasteiger partial charge in [0.05, 0.1) is 18.6 Å². The molecule has 144 valence electrons. The second-order valence-electron chi connectivity index (χ2n) is 6.43. The summed E-state index contributed by atoms with van der Waals surface area (Å²) in [4.78, 5) is 18.5. The number of methoxy groups -OCH3 is 1. The van der Waals surface area contributed by atoms with Crippen molar-refractivity contribution < 1.29 is 9.53 Å². The number of para-hydroxylation sites is 2. The van der Waals surface area contributed by atoms with E-state index in [1.54, 1.807) is 19.5 Å². The lowest BCUT2D eigenvalue weighted by Gasteiger charge is -2.16. The number of pyridine rings is 1. The van der Waals surface area contributed by atoms with Crippen molar-refractivity contribution in [3.8, 4) is 22.8 Å². The second-order valence-corrected chi connectivity index (χ2v) is 7.37. The van der Waals surface area contributed by atoms with Crippen molar-refractivity contribution in [1.29, 1.82) is 0 Å². The Morgan fingerprint density at radius 1 is 1.11 bits per heavy atom. The number of rotatable bonds is 6. The first-order chi connectivity index (χ1) is 13.8. The largest absolute Gasteiger partial charge is 0.495 e. The summed E-state index contributed by atoms with van der Waals surface area (Å²) in [6.45, 7) is 1.70. The normalized spacial score (nSPS) is 13.7. The molecule has 1 amide bonds. The molecule has 8 heteroatoms. The summed E-state index contributed by atoms with van der Waals surface area (Å²) in [5.41, 5.74) is 1.73. The lowest BCUT2D eigenvalue weighted by molar-refractivity contribution is -0.127. The molecule has 1 aromatic carbocycles. The van der Waals surface area contributed by atoms with Crippen molar-refractivity contribution in [3.05, 3.63) is 48.8 Å². The van der Waals surface area contributed by atoms with E-state index in [0.29, 0.717) is 22.5 Å². The number of ether oxygens (including phenoxy) is 1. The van der Waals surface area contributed by atoms with Gasteiger partial charge in [-0.05, 0) is 37.1 Å². The van der Waals surface area contributed by atoms with Crippen LogP contribution in [0, 0.1) is 0 Å². The molecule has 0 radical (unpaired) electrons.